The molecule has 8 nitrogen and oxygen atoms in total. The maximum Gasteiger partial charge on any atom is 0.293 e. The van der Waals surface area contributed by atoms with Gasteiger partial charge in [-0.15, -0.1) is 0 Å². The van der Waals surface area contributed by atoms with Gasteiger partial charge in [0.1, 0.15) is 6.23 Å². The Labute approximate surface area is 224 Å². The van der Waals surface area contributed by atoms with Crippen LogP contribution in [0.5, 0.6) is 5.75 Å². The zero-order valence-electron chi connectivity index (χ0n) is 20.7. The number of rotatable bonds is 8. The van der Waals surface area contributed by atoms with E-state index >= 15 is 0 Å². The summed E-state index contributed by atoms with van der Waals surface area (Å²) >= 11 is 1.90. The van der Waals surface area contributed by atoms with Crippen LogP contribution in [0, 0.1) is 11.8 Å². The lowest BCUT2D eigenvalue weighted by atomic mass is 9.94. The zero-order chi connectivity index (χ0) is 26.9. The van der Waals surface area contributed by atoms with Crippen molar-refractivity contribution in [3.05, 3.63) is 93.2 Å². The molecular formula is C28H29FN4O4S. The van der Waals surface area contributed by atoms with Gasteiger partial charge in [0.05, 0.1) is 12.0 Å². The van der Waals surface area contributed by atoms with Crippen molar-refractivity contribution in [3.63, 3.8) is 0 Å². The van der Waals surface area contributed by atoms with E-state index in [0.717, 1.165) is 46.8 Å². The standard InChI is InChI=1S/C28H29FN4O4S/c29-16-24(34)30-17-23(25-26(35)27(36)32-18-31-25)15-21-5-3-19(4-6-21)1-2-20-7-9-22(10-8-20)28(37)33-11-13-38-14-12-33/h3-10,18,23,28,35,37H,11-17H2,(H,30,34)(H,31,32,36). The average Bonchev–Trinajstić information content (AvgIpc) is 2.96. The van der Waals surface area contributed by atoms with Crippen LogP contribution in [-0.4, -0.2) is 68.8 Å². The smallest absolute Gasteiger partial charge is 0.293 e. The van der Waals surface area contributed by atoms with Crippen LogP contribution in [0.2, 0.25) is 0 Å². The molecule has 0 radical (unpaired) electrons. The molecule has 2 atom stereocenters. The van der Waals surface area contributed by atoms with Gasteiger partial charge in [-0.3, -0.25) is 14.5 Å². The van der Waals surface area contributed by atoms with Crippen LogP contribution >= 0.6 is 11.8 Å². The summed E-state index contributed by atoms with van der Waals surface area (Å²) in [7, 11) is 0. The molecule has 10 heteroatoms. The molecule has 1 saturated heterocycles. The number of benzene rings is 2. The highest BCUT2D eigenvalue weighted by Crippen LogP contribution is 2.24. The molecule has 0 saturated carbocycles. The van der Waals surface area contributed by atoms with Crippen molar-refractivity contribution in [3.8, 4) is 17.6 Å². The number of alkyl halides is 1. The summed E-state index contributed by atoms with van der Waals surface area (Å²) in [5, 5.41) is 23.3. The van der Waals surface area contributed by atoms with Gasteiger partial charge in [-0.2, -0.15) is 11.8 Å². The van der Waals surface area contributed by atoms with Crippen molar-refractivity contribution in [2.75, 3.05) is 37.8 Å². The first-order valence-corrected chi connectivity index (χ1v) is 13.4. The van der Waals surface area contributed by atoms with Crippen molar-refractivity contribution in [2.45, 2.75) is 18.6 Å². The van der Waals surface area contributed by atoms with E-state index in [1.807, 2.05) is 60.3 Å². The largest absolute Gasteiger partial charge is 0.502 e. The van der Waals surface area contributed by atoms with E-state index in [1.54, 1.807) is 0 Å². The van der Waals surface area contributed by atoms with Crippen molar-refractivity contribution in [2.24, 2.45) is 0 Å². The Balaban J connectivity index is 1.42. The summed E-state index contributed by atoms with van der Waals surface area (Å²) in [4.78, 5) is 31.7. The van der Waals surface area contributed by atoms with Crippen molar-refractivity contribution in [1.82, 2.24) is 20.2 Å². The Morgan fingerprint density at radius 2 is 1.74 bits per heavy atom. The number of amides is 1. The Bertz CT molecular complexity index is 1350. The molecule has 0 aliphatic carbocycles. The third kappa shape index (κ3) is 7.22. The van der Waals surface area contributed by atoms with Crippen LogP contribution in [0.25, 0.3) is 0 Å². The van der Waals surface area contributed by atoms with Crippen LogP contribution in [0.3, 0.4) is 0 Å². The van der Waals surface area contributed by atoms with Gasteiger partial charge >= 0.3 is 0 Å². The van der Waals surface area contributed by atoms with Crippen LogP contribution in [0.4, 0.5) is 4.39 Å². The van der Waals surface area contributed by atoms with E-state index in [-0.39, 0.29) is 12.2 Å². The molecule has 0 spiro atoms. The molecule has 4 N–H and O–H groups in total. The lowest BCUT2D eigenvalue weighted by molar-refractivity contribution is -0.122. The topological polar surface area (TPSA) is 119 Å². The van der Waals surface area contributed by atoms with E-state index in [9.17, 15) is 24.2 Å². The average molecular weight is 537 g/mol. The molecule has 38 heavy (non-hydrogen) atoms. The lowest BCUT2D eigenvalue weighted by Gasteiger charge is -2.31. The third-order valence-corrected chi connectivity index (χ3v) is 7.24. The number of halogens is 1. The number of nitrogens with zero attached hydrogens (tertiary/aromatic N) is 2. The van der Waals surface area contributed by atoms with Crippen molar-refractivity contribution < 1.29 is 19.4 Å². The van der Waals surface area contributed by atoms with E-state index in [4.69, 9.17) is 0 Å². The molecule has 2 aromatic carbocycles. The number of carbonyl (C=O) groups is 1. The number of nitrogens with one attached hydrogen (secondary N) is 2. The first-order valence-electron chi connectivity index (χ1n) is 12.2. The fourth-order valence-corrected chi connectivity index (χ4v) is 5.11. The van der Waals surface area contributed by atoms with Crippen molar-refractivity contribution in [1.29, 1.82) is 0 Å². The maximum absolute atomic E-state index is 12.6. The fraction of sp³-hybridized carbons (Fsp3) is 0.321. The van der Waals surface area contributed by atoms with E-state index < -0.39 is 36.0 Å². The second kappa shape index (κ2) is 13.2. The zero-order valence-corrected chi connectivity index (χ0v) is 21.5. The number of aliphatic hydroxyl groups is 1. The summed E-state index contributed by atoms with van der Waals surface area (Å²) in [6.45, 7) is 0.598. The second-order valence-electron chi connectivity index (χ2n) is 8.90. The maximum atomic E-state index is 12.6. The van der Waals surface area contributed by atoms with Crippen molar-refractivity contribution >= 4 is 17.7 Å². The van der Waals surface area contributed by atoms with Gasteiger partial charge in [-0.25, -0.2) is 9.37 Å². The molecule has 2 heterocycles. The molecule has 3 aromatic rings. The fourth-order valence-electron chi connectivity index (χ4n) is 4.18. The normalized spacial score (nSPS) is 15.2. The van der Waals surface area contributed by atoms with Crippen LogP contribution < -0.4 is 10.9 Å². The minimum Gasteiger partial charge on any atom is -0.502 e. The first kappa shape index (κ1) is 27.4. The Kier molecular flexibility index (Phi) is 9.54. The lowest BCUT2D eigenvalue weighted by Crippen LogP contribution is -2.35. The monoisotopic (exact) mass is 536 g/mol. The molecule has 0 bridgehead atoms. The number of H-pyrrole nitrogens is 1. The predicted molar refractivity (Wildman–Crippen MR) is 145 cm³/mol. The van der Waals surface area contributed by atoms with Gasteiger partial charge in [0.2, 0.25) is 5.75 Å². The minimum atomic E-state index is -1.16. The van der Waals surface area contributed by atoms with E-state index in [1.165, 1.54) is 6.33 Å². The van der Waals surface area contributed by atoms with Crippen LogP contribution in [0.15, 0.2) is 59.7 Å². The molecular weight excluding hydrogens is 507 g/mol. The van der Waals surface area contributed by atoms with E-state index in [2.05, 4.69) is 32.0 Å². The second-order valence-corrected chi connectivity index (χ2v) is 10.1. The third-order valence-electron chi connectivity index (χ3n) is 6.30. The number of thioether (sulfide) groups is 1. The number of hydrogen-bond acceptors (Lipinski definition) is 7. The summed E-state index contributed by atoms with van der Waals surface area (Å²) in [6, 6.07) is 15.1. The molecule has 1 aliphatic heterocycles. The SMILES string of the molecule is O=C(CF)NCC(Cc1ccc(C#Cc2ccc(C(O)N3CCSCC3)cc2)cc1)c1nc[nH]c(=O)c1O. The van der Waals surface area contributed by atoms with Crippen LogP contribution in [0.1, 0.15) is 40.1 Å². The molecule has 1 fully saturated rings. The molecule has 1 aliphatic rings. The summed E-state index contributed by atoms with van der Waals surface area (Å²) in [6.07, 6.45) is 0.926. The first-order chi connectivity index (χ1) is 18.4. The summed E-state index contributed by atoms with van der Waals surface area (Å²) in [5.74, 6) is 6.47. The number of carbonyl (C=O) groups excluding carboxylic acids is 1. The number of aliphatic hydroxyl groups excluding tert-OH is 1. The quantitative estimate of drug-likeness (QED) is 0.327. The van der Waals surface area contributed by atoms with Crippen LogP contribution in [-0.2, 0) is 11.2 Å². The molecule has 1 amide bonds. The van der Waals surface area contributed by atoms with Gasteiger partial charge < -0.3 is 20.5 Å². The highest BCUT2D eigenvalue weighted by atomic mass is 32.2. The molecule has 198 valence electrons. The van der Waals surface area contributed by atoms with E-state index in [0.29, 0.717) is 6.42 Å². The highest BCUT2D eigenvalue weighted by molar-refractivity contribution is 7.99. The predicted octanol–water partition coefficient (Wildman–Crippen LogP) is 2.33. The van der Waals surface area contributed by atoms with Gasteiger partial charge in [-0.1, -0.05) is 36.1 Å². The molecule has 4 rings (SSSR count). The summed E-state index contributed by atoms with van der Waals surface area (Å²) < 4.78 is 12.6. The summed E-state index contributed by atoms with van der Waals surface area (Å²) in [5.41, 5.74) is 2.79. The Hall–Kier alpha value is -3.65. The molecule has 1 aromatic heterocycles. The minimum absolute atomic E-state index is 0.00966. The highest BCUT2D eigenvalue weighted by Gasteiger charge is 2.21. The number of aromatic nitrogens is 2. The van der Waals surface area contributed by atoms with Gasteiger partial charge in [0, 0.05) is 48.2 Å². The van der Waals surface area contributed by atoms with Gasteiger partial charge in [-0.05, 0) is 41.8 Å². The molecule has 2 unspecified atom stereocenters. The number of aromatic amines is 1. The Morgan fingerprint density at radius 1 is 1.11 bits per heavy atom. The van der Waals surface area contributed by atoms with Gasteiger partial charge in [0.15, 0.2) is 6.67 Å². The van der Waals surface area contributed by atoms with Gasteiger partial charge in [0.25, 0.3) is 11.5 Å². The number of aromatic hydroxyl groups is 1. The Morgan fingerprint density at radius 3 is 2.37 bits per heavy atom. The number of hydrogen-bond donors (Lipinski definition) is 4.